The molecule has 0 aliphatic carbocycles. The zero-order chi connectivity index (χ0) is 43.8. The maximum atomic E-state index is 14.1. The first-order valence-electron chi connectivity index (χ1n) is 18.6. The summed E-state index contributed by atoms with van der Waals surface area (Å²) in [5.74, 6) is -6.16. The minimum Gasteiger partial charge on any atom is -0.463 e. The van der Waals surface area contributed by atoms with Gasteiger partial charge in [-0.2, -0.15) is 0 Å². The molecule has 2 saturated heterocycles. The highest BCUT2D eigenvalue weighted by Gasteiger charge is 2.58. The van der Waals surface area contributed by atoms with Gasteiger partial charge in [0, 0.05) is 55.1 Å². The lowest BCUT2D eigenvalue weighted by atomic mass is 9.95. The van der Waals surface area contributed by atoms with Crippen LogP contribution in [0.2, 0.25) is 0 Å². The van der Waals surface area contributed by atoms with E-state index in [0.29, 0.717) is 5.56 Å². The van der Waals surface area contributed by atoms with Crippen LogP contribution in [0.15, 0.2) is 30.3 Å². The van der Waals surface area contributed by atoms with Crippen molar-refractivity contribution in [1.29, 1.82) is 0 Å². The average molecular weight is 842 g/mol. The van der Waals surface area contributed by atoms with Crippen molar-refractivity contribution in [3.05, 3.63) is 35.9 Å². The second-order valence-electron chi connectivity index (χ2n) is 13.1. The fraction of sp³-hybridized carbons (Fsp3) is 0.632. The third-order valence-electron chi connectivity index (χ3n) is 8.33. The van der Waals surface area contributed by atoms with Crippen molar-refractivity contribution in [2.75, 3.05) is 33.0 Å². The Morgan fingerprint density at radius 1 is 0.559 bits per heavy atom. The molecule has 0 spiro atoms. The molecule has 0 N–H and O–H groups in total. The molecule has 1 unspecified atom stereocenters. The first kappa shape index (κ1) is 48.0. The maximum absolute atomic E-state index is 14.1. The topological polar surface area (TPSA) is 251 Å². The largest absolute Gasteiger partial charge is 0.463 e. The number of nitrogens with zero attached hydrogens (tertiary/aromatic N) is 1. The zero-order valence-electron chi connectivity index (χ0n) is 34.0. The molecule has 59 heavy (non-hydrogen) atoms. The summed E-state index contributed by atoms with van der Waals surface area (Å²) in [5, 5.41) is 0. The number of esters is 7. The van der Waals surface area contributed by atoms with Gasteiger partial charge in [-0.15, -0.1) is 0 Å². The molecule has 1 aromatic carbocycles. The minimum atomic E-state index is -1.91. The second kappa shape index (κ2) is 23.3. The van der Waals surface area contributed by atoms with Gasteiger partial charge in [0.1, 0.15) is 38.1 Å². The number of rotatable bonds is 18. The number of amides is 1. The van der Waals surface area contributed by atoms with E-state index < -0.39 is 122 Å². The first-order valence-corrected chi connectivity index (χ1v) is 18.6. The van der Waals surface area contributed by atoms with Gasteiger partial charge >= 0.3 is 47.9 Å². The fourth-order valence-electron chi connectivity index (χ4n) is 6.17. The Kier molecular flexibility index (Phi) is 18.9. The molecular formula is C38H51NO20. The van der Waals surface area contributed by atoms with Crippen LogP contribution in [0.5, 0.6) is 0 Å². The van der Waals surface area contributed by atoms with Gasteiger partial charge in [0.25, 0.3) is 0 Å². The molecule has 0 saturated carbocycles. The van der Waals surface area contributed by atoms with Crippen molar-refractivity contribution in [3.8, 4) is 0 Å². The fourth-order valence-corrected chi connectivity index (χ4v) is 6.17. The minimum absolute atomic E-state index is 0.108. The highest BCUT2D eigenvalue weighted by Crippen LogP contribution is 2.36. The lowest BCUT2D eigenvalue weighted by molar-refractivity contribution is -0.353. The summed E-state index contributed by atoms with van der Waals surface area (Å²) in [5.41, 5.74) is 0.612. The Balaban J connectivity index is 2.29. The molecule has 2 aliphatic heterocycles. The van der Waals surface area contributed by atoms with Gasteiger partial charge in [-0.25, -0.2) is 4.79 Å². The Morgan fingerprint density at radius 3 is 1.49 bits per heavy atom. The van der Waals surface area contributed by atoms with E-state index in [4.69, 9.17) is 56.8 Å². The van der Waals surface area contributed by atoms with Gasteiger partial charge in [-0.05, 0) is 12.5 Å². The molecule has 0 radical (unpaired) electrons. The normalized spacial score (nSPS) is 26.2. The summed E-state index contributed by atoms with van der Waals surface area (Å²) >= 11 is 0. The summed E-state index contributed by atoms with van der Waals surface area (Å²) in [4.78, 5) is 102. The SMILES string of the molecule is CCOCCN(C(=O)OCc1ccccc1)C1O[C@@H](COC(C)=O)[C@@H](OC(C)=O)[C@H](OC(C)=O)[C@@H]1O[C@H]1O[C@H](COC(C)=O)[C@@H](OC(C)=O)[C@H](OC(C)=O)[C@@H]1OC(C)=O. The third-order valence-corrected chi connectivity index (χ3v) is 8.33. The monoisotopic (exact) mass is 841 g/mol. The van der Waals surface area contributed by atoms with Crippen LogP contribution in [-0.2, 0) is 97.0 Å². The zero-order valence-corrected chi connectivity index (χ0v) is 34.0. The van der Waals surface area contributed by atoms with E-state index in [1.54, 1.807) is 37.3 Å². The van der Waals surface area contributed by atoms with Crippen LogP contribution >= 0.6 is 0 Å². The van der Waals surface area contributed by atoms with E-state index in [9.17, 15) is 38.4 Å². The molecule has 1 aromatic rings. The van der Waals surface area contributed by atoms with Gasteiger partial charge in [0.05, 0.1) is 13.2 Å². The van der Waals surface area contributed by atoms with Crippen molar-refractivity contribution in [2.24, 2.45) is 0 Å². The van der Waals surface area contributed by atoms with Crippen LogP contribution in [-0.4, -0.2) is 147 Å². The number of carbonyl (C=O) groups is 8. The summed E-state index contributed by atoms with van der Waals surface area (Å²) in [6.45, 7) is 7.47. The number of hydrogen-bond donors (Lipinski definition) is 0. The molecular weight excluding hydrogens is 790 g/mol. The van der Waals surface area contributed by atoms with E-state index in [2.05, 4.69) is 0 Å². The van der Waals surface area contributed by atoms with E-state index in [1.165, 1.54) is 0 Å². The van der Waals surface area contributed by atoms with Crippen molar-refractivity contribution in [1.82, 2.24) is 4.90 Å². The van der Waals surface area contributed by atoms with Gasteiger partial charge in [0.2, 0.25) is 0 Å². The summed E-state index contributed by atoms with van der Waals surface area (Å²) in [6.07, 6.45) is -17.8. The molecule has 21 nitrogen and oxygen atoms in total. The summed E-state index contributed by atoms with van der Waals surface area (Å²) < 4.78 is 68.6. The van der Waals surface area contributed by atoms with Gasteiger partial charge in [-0.3, -0.25) is 38.5 Å². The molecule has 21 heteroatoms. The second-order valence-corrected chi connectivity index (χ2v) is 13.1. The van der Waals surface area contributed by atoms with Crippen LogP contribution in [0.3, 0.4) is 0 Å². The molecule has 1 amide bonds. The Hall–Kier alpha value is -5.38. The summed E-state index contributed by atoms with van der Waals surface area (Å²) in [7, 11) is 0. The Morgan fingerprint density at radius 2 is 1.02 bits per heavy atom. The molecule has 2 aliphatic rings. The molecule has 3 rings (SSSR count). The lowest BCUT2D eigenvalue weighted by Gasteiger charge is -2.50. The van der Waals surface area contributed by atoms with Crippen LogP contribution in [0.1, 0.15) is 61.0 Å². The Labute approximate surface area is 340 Å². The molecule has 2 heterocycles. The van der Waals surface area contributed by atoms with Crippen LogP contribution in [0, 0.1) is 0 Å². The lowest BCUT2D eigenvalue weighted by Crippen LogP contribution is -2.69. The van der Waals surface area contributed by atoms with Gasteiger partial charge in [-0.1, -0.05) is 30.3 Å². The smallest absolute Gasteiger partial charge is 0.412 e. The van der Waals surface area contributed by atoms with Gasteiger partial charge in [0.15, 0.2) is 43.0 Å². The standard InChI is InChI=1S/C38H51NO20/c1-9-48-16-15-39(38(47)51-17-27-13-11-10-12-14-27)36-34(32(54-24(6)44)30(52-22(4)42)28(57-36)18-49-20(2)40)59-37-35(56-26(8)46)33(55-25(7)45)31(53-23(5)43)29(58-37)19-50-21(3)41/h10-14,28-37H,9,15-19H2,1-8H3/t28-,29+,30+,31+,32-,33-,34-,35-,36?,37+/m0/s1. The highest BCUT2D eigenvalue weighted by atomic mass is 16.8. The molecule has 2 fully saturated rings. The highest BCUT2D eigenvalue weighted by molar-refractivity contribution is 5.70. The number of carbonyl (C=O) groups excluding carboxylic acids is 8. The van der Waals surface area contributed by atoms with E-state index >= 15 is 0 Å². The molecule has 10 atom stereocenters. The van der Waals surface area contributed by atoms with Crippen LogP contribution in [0.4, 0.5) is 4.79 Å². The number of hydrogen-bond acceptors (Lipinski definition) is 20. The first-order chi connectivity index (χ1) is 27.9. The van der Waals surface area contributed by atoms with Crippen molar-refractivity contribution in [2.45, 2.75) is 123 Å². The average Bonchev–Trinajstić information content (AvgIpc) is 3.14. The molecule has 0 bridgehead atoms. The van der Waals surface area contributed by atoms with E-state index in [-0.39, 0.29) is 26.4 Å². The number of benzene rings is 1. The Bertz CT molecular complexity index is 1620. The van der Waals surface area contributed by atoms with E-state index in [0.717, 1.165) is 53.4 Å². The van der Waals surface area contributed by atoms with E-state index in [1.807, 2.05) is 0 Å². The predicted molar refractivity (Wildman–Crippen MR) is 193 cm³/mol. The van der Waals surface area contributed by atoms with Crippen LogP contribution < -0.4 is 0 Å². The predicted octanol–water partition coefficient (Wildman–Crippen LogP) is 1.28. The quantitative estimate of drug-likeness (QED) is 0.115. The third kappa shape index (κ3) is 15.1. The maximum Gasteiger partial charge on any atom is 0.412 e. The van der Waals surface area contributed by atoms with Crippen molar-refractivity contribution >= 4 is 47.9 Å². The van der Waals surface area contributed by atoms with Crippen molar-refractivity contribution in [3.63, 3.8) is 0 Å². The summed E-state index contributed by atoms with van der Waals surface area (Å²) in [6, 6.07) is 8.65. The van der Waals surface area contributed by atoms with Crippen LogP contribution in [0.25, 0.3) is 0 Å². The molecule has 0 aromatic heterocycles. The molecule has 328 valence electrons. The van der Waals surface area contributed by atoms with Gasteiger partial charge < -0.3 is 56.8 Å². The van der Waals surface area contributed by atoms with Crippen molar-refractivity contribution < 1.29 is 95.2 Å². The number of ether oxygens (including phenoxy) is 12.